The van der Waals surface area contributed by atoms with Crippen molar-refractivity contribution in [2.75, 3.05) is 32.7 Å². The molecule has 2 fully saturated rings. The van der Waals surface area contributed by atoms with Crippen LogP contribution in [0.1, 0.15) is 25.7 Å². The SMILES string of the molecule is NC(=O)NCC1CCCN(C(=O)[C@H]2CCCNC2)C1. The summed E-state index contributed by atoms with van der Waals surface area (Å²) >= 11 is 0. The maximum Gasteiger partial charge on any atom is 0.312 e. The number of nitrogens with zero attached hydrogens (tertiary/aromatic N) is 1. The van der Waals surface area contributed by atoms with Gasteiger partial charge in [0.15, 0.2) is 0 Å². The van der Waals surface area contributed by atoms with Gasteiger partial charge in [-0.05, 0) is 38.1 Å². The van der Waals surface area contributed by atoms with Gasteiger partial charge in [-0.3, -0.25) is 4.79 Å². The van der Waals surface area contributed by atoms with Crippen molar-refractivity contribution >= 4 is 11.9 Å². The van der Waals surface area contributed by atoms with Gasteiger partial charge in [-0.1, -0.05) is 0 Å². The lowest BCUT2D eigenvalue weighted by Gasteiger charge is -2.36. The molecule has 2 rings (SSSR count). The van der Waals surface area contributed by atoms with Gasteiger partial charge in [0.05, 0.1) is 5.92 Å². The van der Waals surface area contributed by atoms with E-state index in [4.69, 9.17) is 5.73 Å². The zero-order chi connectivity index (χ0) is 13.7. The molecular formula is C13H24N4O2. The van der Waals surface area contributed by atoms with Crippen molar-refractivity contribution in [3.63, 3.8) is 0 Å². The van der Waals surface area contributed by atoms with Crippen molar-refractivity contribution in [3.8, 4) is 0 Å². The largest absolute Gasteiger partial charge is 0.352 e. The second kappa shape index (κ2) is 6.75. The standard InChI is InChI=1S/C13H24N4O2/c14-13(19)16-7-10-3-2-6-17(9-10)12(18)11-4-1-5-15-8-11/h10-11,15H,1-9H2,(H3,14,16,19)/t10?,11-/m0/s1. The number of primary amides is 1. The molecule has 0 spiro atoms. The van der Waals surface area contributed by atoms with E-state index in [0.717, 1.165) is 51.9 Å². The molecule has 0 aromatic carbocycles. The summed E-state index contributed by atoms with van der Waals surface area (Å²) in [6, 6.07) is -0.486. The average Bonchev–Trinajstić information content (AvgIpc) is 2.45. The zero-order valence-corrected chi connectivity index (χ0v) is 11.4. The number of carbonyl (C=O) groups excluding carboxylic acids is 2. The Labute approximate surface area is 114 Å². The van der Waals surface area contributed by atoms with Crippen LogP contribution >= 0.6 is 0 Å². The van der Waals surface area contributed by atoms with Crippen LogP contribution in [0, 0.1) is 11.8 Å². The molecule has 0 aliphatic carbocycles. The van der Waals surface area contributed by atoms with Crippen LogP contribution in [0.2, 0.25) is 0 Å². The molecule has 0 aromatic heterocycles. The van der Waals surface area contributed by atoms with Crippen molar-refractivity contribution in [2.24, 2.45) is 17.6 Å². The number of likely N-dealkylation sites (tertiary alicyclic amines) is 1. The van der Waals surface area contributed by atoms with Crippen LogP contribution < -0.4 is 16.4 Å². The lowest BCUT2D eigenvalue weighted by molar-refractivity contribution is -0.137. The maximum atomic E-state index is 12.4. The van der Waals surface area contributed by atoms with Crippen LogP contribution in [-0.2, 0) is 4.79 Å². The fourth-order valence-electron chi connectivity index (χ4n) is 3.00. The predicted octanol–water partition coefficient (Wildman–Crippen LogP) is -0.107. The number of nitrogens with two attached hydrogens (primary N) is 1. The molecule has 3 amide bonds. The molecule has 4 N–H and O–H groups in total. The van der Waals surface area contributed by atoms with Gasteiger partial charge in [-0.15, -0.1) is 0 Å². The zero-order valence-electron chi connectivity index (χ0n) is 11.4. The second-order valence-electron chi connectivity index (χ2n) is 5.58. The Kier molecular flexibility index (Phi) is 5.01. The summed E-state index contributed by atoms with van der Waals surface area (Å²) in [7, 11) is 0. The molecule has 6 heteroatoms. The van der Waals surface area contributed by atoms with Gasteiger partial charge in [-0.2, -0.15) is 0 Å². The van der Waals surface area contributed by atoms with E-state index in [-0.39, 0.29) is 11.8 Å². The van der Waals surface area contributed by atoms with Crippen LogP contribution in [0.25, 0.3) is 0 Å². The highest BCUT2D eigenvalue weighted by Gasteiger charge is 2.29. The Morgan fingerprint density at radius 3 is 2.84 bits per heavy atom. The normalized spacial score (nSPS) is 27.9. The number of amides is 3. The van der Waals surface area contributed by atoms with Crippen molar-refractivity contribution < 1.29 is 9.59 Å². The summed E-state index contributed by atoms with van der Waals surface area (Å²) in [5, 5.41) is 5.93. The van der Waals surface area contributed by atoms with E-state index >= 15 is 0 Å². The van der Waals surface area contributed by atoms with Gasteiger partial charge in [0.1, 0.15) is 0 Å². The third kappa shape index (κ3) is 4.09. The number of nitrogens with one attached hydrogen (secondary N) is 2. The Balaban J connectivity index is 1.82. The first-order valence-corrected chi connectivity index (χ1v) is 7.19. The second-order valence-corrected chi connectivity index (χ2v) is 5.58. The Bertz CT molecular complexity index is 329. The van der Waals surface area contributed by atoms with E-state index in [2.05, 4.69) is 10.6 Å². The molecule has 0 saturated carbocycles. The van der Waals surface area contributed by atoms with Crippen molar-refractivity contribution in [1.82, 2.24) is 15.5 Å². The smallest absolute Gasteiger partial charge is 0.312 e. The lowest BCUT2D eigenvalue weighted by Crippen LogP contribution is -2.48. The number of carbonyl (C=O) groups is 2. The minimum absolute atomic E-state index is 0.136. The van der Waals surface area contributed by atoms with Crippen LogP contribution in [-0.4, -0.2) is 49.6 Å². The fourth-order valence-corrected chi connectivity index (χ4v) is 3.00. The summed E-state index contributed by atoms with van der Waals surface area (Å²) in [4.78, 5) is 25.1. The van der Waals surface area contributed by atoms with Crippen LogP contribution in [0.15, 0.2) is 0 Å². The minimum Gasteiger partial charge on any atom is -0.352 e. The molecule has 1 unspecified atom stereocenters. The lowest BCUT2D eigenvalue weighted by atomic mass is 9.93. The predicted molar refractivity (Wildman–Crippen MR) is 72.5 cm³/mol. The highest BCUT2D eigenvalue weighted by atomic mass is 16.2. The minimum atomic E-state index is -0.486. The quantitative estimate of drug-likeness (QED) is 0.667. The van der Waals surface area contributed by atoms with Crippen molar-refractivity contribution in [1.29, 1.82) is 0 Å². The highest BCUT2D eigenvalue weighted by Crippen LogP contribution is 2.20. The Morgan fingerprint density at radius 2 is 2.16 bits per heavy atom. The summed E-state index contributed by atoms with van der Waals surface area (Å²) in [5.74, 6) is 0.745. The van der Waals surface area contributed by atoms with E-state index in [0.29, 0.717) is 12.5 Å². The summed E-state index contributed by atoms with van der Waals surface area (Å²) in [5.41, 5.74) is 5.08. The van der Waals surface area contributed by atoms with E-state index in [9.17, 15) is 9.59 Å². The molecular weight excluding hydrogens is 244 g/mol. The average molecular weight is 268 g/mol. The molecule has 0 aromatic rings. The molecule has 0 bridgehead atoms. The van der Waals surface area contributed by atoms with Crippen LogP contribution in [0.3, 0.4) is 0 Å². The van der Waals surface area contributed by atoms with Gasteiger partial charge in [0.25, 0.3) is 0 Å². The summed E-state index contributed by atoms with van der Waals surface area (Å²) < 4.78 is 0. The molecule has 6 nitrogen and oxygen atoms in total. The van der Waals surface area contributed by atoms with E-state index in [1.54, 1.807) is 0 Å². The number of hydrogen-bond donors (Lipinski definition) is 3. The molecule has 0 radical (unpaired) electrons. The molecule has 2 aliphatic heterocycles. The van der Waals surface area contributed by atoms with Crippen molar-refractivity contribution in [2.45, 2.75) is 25.7 Å². The first-order valence-electron chi connectivity index (χ1n) is 7.19. The van der Waals surface area contributed by atoms with Gasteiger partial charge in [0.2, 0.25) is 5.91 Å². The van der Waals surface area contributed by atoms with Crippen LogP contribution in [0.5, 0.6) is 0 Å². The maximum absolute atomic E-state index is 12.4. The van der Waals surface area contributed by atoms with Gasteiger partial charge in [0, 0.05) is 26.2 Å². The third-order valence-corrected chi connectivity index (χ3v) is 4.04. The fraction of sp³-hybridized carbons (Fsp3) is 0.846. The number of piperidine rings is 2. The van der Waals surface area contributed by atoms with Gasteiger partial charge in [-0.25, -0.2) is 4.79 Å². The van der Waals surface area contributed by atoms with Crippen LogP contribution in [0.4, 0.5) is 4.79 Å². The Hall–Kier alpha value is -1.30. The van der Waals surface area contributed by atoms with Crippen molar-refractivity contribution in [3.05, 3.63) is 0 Å². The van der Waals surface area contributed by atoms with Gasteiger partial charge >= 0.3 is 6.03 Å². The molecule has 2 heterocycles. The van der Waals surface area contributed by atoms with E-state index in [1.807, 2.05) is 4.90 Å². The number of hydrogen-bond acceptors (Lipinski definition) is 3. The summed E-state index contributed by atoms with van der Waals surface area (Å²) in [6.07, 6.45) is 4.13. The molecule has 2 atom stereocenters. The molecule has 108 valence electrons. The van der Waals surface area contributed by atoms with Gasteiger partial charge < -0.3 is 21.3 Å². The molecule has 2 saturated heterocycles. The van der Waals surface area contributed by atoms with E-state index < -0.39 is 6.03 Å². The first-order chi connectivity index (χ1) is 9.16. The topological polar surface area (TPSA) is 87.5 Å². The van der Waals surface area contributed by atoms with E-state index in [1.165, 1.54) is 0 Å². The third-order valence-electron chi connectivity index (χ3n) is 4.04. The number of urea groups is 1. The highest BCUT2D eigenvalue weighted by molar-refractivity contribution is 5.79. The number of rotatable bonds is 3. The summed E-state index contributed by atoms with van der Waals surface area (Å²) in [6.45, 7) is 3.99. The molecule has 2 aliphatic rings. The Morgan fingerprint density at radius 1 is 1.32 bits per heavy atom. The monoisotopic (exact) mass is 268 g/mol. The molecule has 19 heavy (non-hydrogen) atoms. The first kappa shape index (κ1) is 14.1.